The number of nitrogens with zero attached hydrogens (tertiary/aromatic N) is 1. The normalized spacial score (nSPS) is 12.2. The summed E-state index contributed by atoms with van der Waals surface area (Å²) in [6.07, 6.45) is 3.07. The molecule has 1 aliphatic carbocycles. The number of carbonyl (C=O) groups is 1. The number of hydrogen-bond donors (Lipinski definition) is 0. The van der Waals surface area contributed by atoms with Crippen molar-refractivity contribution in [3.05, 3.63) is 47.5 Å². The summed E-state index contributed by atoms with van der Waals surface area (Å²) in [5, 5.41) is 0. The van der Waals surface area contributed by atoms with E-state index in [1.807, 2.05) is 36.4 Å². The van der Waals surface area contributed by atoms with E-state index >= 15 is 0 Å². The van der Waals surface area contributed by atoms with Crippen LogP contribution in [0.5, 0.6) is 11.5 Å². The van der Waals surface area contributed by atoms with E-state index in [9.17, 15) is 4.79 Å². The molecule has 4 heteroatoms. The molecular formula is C24H31NO3. The van der Waals surface area contributed by atoms with Gasteiger partial charge < -0.3 is 14.4 Å². The number of ketones is 1. The maximum absolute atomic E-state index is 12.9. The molecule has 0 spiro atoms. The molecule has 0 radical (unpaired) electrons. The zero-order valence-electron chi connectivity index (χ0n) is 17.3. The third-order valence-corrected chi connectivity index (χ3v) is 5.31. The zero-order chi connectivity index (χ0) is 19.9. The smallest absolute Gasteiger partial charge is 0.194 e. The first-order chi connectivity index (χ1) is 13.7. The fraction of sp³-hybridized carbons (Fsp3) is 0.458. The maximum Gasteiger partial charge on any atom is 0.194 e. The van der Waals surface area contributed by atoms with Crippen molar-refractivity contribution >= 4 is 5.78 Å². The molecule has 2 aromatic rings. The van der Waals surface area contributed by atoms with Crippen molar-refractivity contribution < 1.29 is 14.3 Å². The molecule has 4 nitrogen and oxygen atoms in total. The first-order valence-corrected chi connectivity index (χ1v) is 10.5. The first kappa shape index (κ1) is 20.4. The SMILES string of the molecule is CCCCOc1ccc2c(c1)C(=O)c1cccc(OCCCN(CC)CC)c1-2. The fourth-order valence-electron chi connectivity index (χ4n) is 3.63. The van der Waals surface area contributed by atoms with Gasteiger partial charge in [-0.25, -0.2) is 0 Å². The molecule has 0 atom stereocenters. The molecule has 28 heavy (non-hydrogen) atoms. The highest BCUT2D eigenvalue weighted by Gasteiger charge is 2.29. The lowest BCUT2D eigenvalue weighted by Gasteiger charge is -2.18. The Kier molecular flexibility index (Phi) is 7.10. The van der Waals surface area contributed by atoms with Crippen molar-refractivity contribution in [2.24, 2.45) is 0 Å². The summed E-state index contributed by atoms with van der Waals surface area (Å²) in [6, 6.07) is 11.6. The summed E-state index contributed by atoms with van der Waals surface area (Å²) in [4.78, 5) is 15.3. The number of carbonyl (C=O) groups excluding carboxylic acids is 1. The van der Waals surface area contributed by atoms with Crippen LogP contribution in [0.4, 0.5) is 0 Å². The van der Waals surface area contributed by atoms with E-state index in [0.717, 1.165) is 67.1 Å². The molecule has 0 saturated carbocycles. The second kappa shape index (κ2) is 9.74. The Labute approximate surface area is 168 Å². The quantitative estimate of drug-likeness (QED) is 0.429. The van der Waals surface area contributed by atoms with Gasteiger partial charge in [0.15, 0.2) is 5.78 Å². The molecule has 0 unspecified atom stereocenters. The van der Waals surface area contributed by atoms with Crippen LogP contribution in [0.15, 0.2) is 36.4 Å². The van der Waals surface area contributed by atoms with Crippen molar-refractivity contribution in [2.45, 2.75) is 40.0 Å². The lowest BCUT2D eigenvalue weighted by atomic mass is 10.0. The van der Waals surface area contributed by atoms with E-state index in [-0.39, 0.29) is 5.78 Å². The zero-order valence-corrected chi connectivity index (χ0v) is 17.3. The molecule has 0 amide bonds. The van der Waals surface area contributed by atoms with E-state index < -0.39 is 0 Å². The van der Waals surface area contributed by atoms with Gasteiger partial charge in [0.05, 0.1) is 13.2 Å². The molecule has 0 N–H and O–H groups in total. The van der Waals surface area contributed by atoms with Crippen molar-refractivity contribution in [3.8, 4) is 22.6 Å². The summed E-state index contributed by atoms with van der Waals surface area (Å²) in [5.41, 5.74) is 3.30. The topological polar surface area (TPSA) is 38.8 Å². The van der Waals surface area contributed by atoms with Gasteiger partial charge in [-0.3, -0.25) is 4.79 Å². The second-order valence-electron chi connectivity index (χ2n) is 7.15. The molecule has 2 aromatic carbocycles. The van der Waals surface area contributed by atoms with Gasteiger partial charge in [-0.1, -0.05) is 39.3 Å². The highest BCUT2D eigenvalue weighted by atomic mass is 16.5. The van der Waals surface area contributed by atoms with Crippen molar-refractivity contribution in [2.75, 3.05) is 32.8 Å². The number of benzene rings is 2. The van der Waals surface area contributed by atoms with Crippen LogP contribution in [0, 0.1) is 0 Å². The monoisotopic (exact) mass is 381 g/mol. The van der Waals surface area contributed by atoms with Crippen LogP contribution in [0.3, 0.4) is 0 Å². The standard InChI is InChI=1S/C24H31NO3/c1-4-7-15-27-18-12-13-19-21(17-18)24(26)20-10-8-11-22(23(19)20)28-16-9-14-25(5-2)6-3/h8,10-13,17H,4-7,9,14-16H2,1-3H3. The molecule has 1 aliphatic rings. The average molecular weight is 382 g/mol. The largest absolute Gasteiger partial charge is 0.494 e. The van der Waals surface area contributed by atoms with Gasteiger partial charge in [0.25, 0.3) is 0 Å². The summed E-state index contributed by atoms with van der Waals surface area (Å²) >= 11 is 0. The van der Waals surface area contributed by atoms with Gasteiger partial charge in [-0.15, -0.1) is 0 Å². The van der Waals surface area contributed by atoms with Crippen molar-refractivity contribution in [1.29, 1.82) is 0 Å². The van der Waals surface area contributed by atoms with Gasteiger partial charge in [-0.05, 0) is 55.8 Å². The molecule has 0 saturated heterocycles. The number of hydrogen-bond acceptors (Lipinski definition) is 4. The van der Waals surface area contributed by atoms with Crippen LogP contribution >= 0.6 is 0 Å². The Morgan fingerprint density at radius 1 is 0.857 bits per heavy atom. The Bertz CT molecular complexity index is 811. The highest BCUT2D eigenvalue weighted by Crippen LogP contribution is 2.43. The minimum Gasteiger partial charge on any atom is -0.494 e. The molecule has 3 rings (SSSR count). The maximum atomic E-state index is 12.9. The van der Waals surface area contributed by atoms with E-state index in [2.05, 4.69) is 25.7 Å². The Morgan fingerprint density at radius 3 is 2.39 bits per heavy atom. The van der Waals surface area contributed by atoms with Crippen LogP contribution in [0.1, 0.15) is 56.0 Å². The van der Waals surface area contributed by atoms with Gasteiger partial charge in [0, 0.05) is 23.2 Å². The Morgan fingerprint density at radius 2 is 1.64 bits per heavy atom. The fourth-order valence-corrected chi connectivity index (χ4v) is 3.63. The molecule has 0 aliphatic heterocycles. The van der Waals surface area contributed by atoms with Crippen LogP contribution in [-0.4, -0.2) is 43.5 Å². The predicted octanol–water partition coefficient (Wildman–Crippen LogP) is 5.19. The van der Waals surface area contributed by atoms with Gasteiger partial charge >= 0.3 is 0 Å². The van der Waals surface area contributed by atoms with Crippen LogP contribution in [0.2, 0.25) is 0 Å². The Balaban J connectivity index is 1.74. The van der Waals surface area contributed by atoms with Gasteiger partial charge in [0.1, 0.15) is 11.5 Å². The molecule has 0 heterocycles. The molecule has 0 aromatic heterocycles. The molecule has 150 valence electrons. The minimum atomic E-state index is 0.0551. The van der Waals surface area contributed by atoms with E-state index in [1.54, 1.807) is 0 Å². The summed E-state index contributed by atoms with van der Waals surface area (Å²) in [6.45, 7) is 11.0. The van der Waals surface area contributed by atoms with Crippen LogP contribution in [0.25, 0.3) is 11.1 Å². The molecule has 0 fully saturated rings. The van der Waals surface area contributed by atoms with E-state index in [4.69, 9.17) is 9.47 Å². The molecular weight excluding hydrogens is 350 g/mol. The van der Waals surface area contributed by atoms with Crippen molar-refractivity contribution in [3.63, 3.8) is 0 Å². The van der Waals surface area contributed by atoms with Gasteiger partial charge in [-0.2, -0.15) is 0 Å². The average Bonchev–Trinajstić information content (AvgIpc) is 3.01. The Hall–Kier alpha value is -2.33. The summed E-state index contributed by atoms with van der Waals surface area (Å²) in [5.74, 6) is 1.61. The lowest BCUT2D eigenvalue weighted by Crippen LogP contribution is -2.25. The third-order valence-electron chi connectivity index (χ3n) is 5.31. The predicted molar refractivity (Wildman–Crippen MR) is 114 cm³/mol. The summed E-state index contributed by atoms with van der Waals surface area (Å²) in [7, 11) is 0. The number of rotatable bonds is 11. The van der Waals surface area contributed by atoms with Crippen LogP contribution < -0.4 is 9.47 Å². The van der Waals surface area contributed by atoms with Gasteiger partial charge in [0.2, 0.25) is 0 Å². The number of unbranched alkanes of at least 4 members (excludes halogenated alkanes) is 1. The second-order valence-corrected chi connectivity index (χ2v) is 7.15. The number of fused-ring (bicyclic) bond motifs is 3. The van der Waals surface area contributed by atoms with Crippen LogP contribution in [-0.2, 0) is 0 Å². The van der Waals surface area contributed by atoms with Crippen molar-refractivity contribution in [1.82, 2.24) is 4.90 Å². The summed E-state index contributed by atoms with van der Waals surface area (Å²) < 4.78 is 11.9. The highest BCUT2D eigenvalue weighted by molar-refractivity contribution is 6.22. The van der Waals surface area contributed by atoms with E-state index in [1.165, 1.54) is 0 Å². The molecule has 0 bridgehead atoms. The van der Waals surface area contributed by atoms with E-state index in [0.29, 0.717) is 18.8 Å². The first-order valence-electron chi connectivity index (χ1n) is 10.5. The number of ether oxygens (including phenoxy) is 2. The minimum absolute atomic E-state index is 0.0551. The lowest BCUT2D eigenvalue weighted by molar-refractivity contribution is 0.104. The third kappa shape index (κ3) is 4.39.